The molecule has 0 saturated carbocycles. The van der Waals surface area contributed by atoms with Crippen LogP contribution in [0.5, 0.6) is 0 Å². The van der Waals surface area contributed by atoms with E-state index in [0.717, 1.165) is 6.42 Å². The average Bonchev–Trinajstić information content (AvgIpc) is 3.21. The van der Waals surface area contributed by atoms with Crippen LogP contribution in [0, 0.1) is 0 Å². The summed E-state index contributed by atoms with van der Waals surface area (Å²) < 4.78 is 0. The third-order valence-corrected chi connectivity index (χ3v) is 7.02. The van der Waals surface area contributed by atoms with E-state index in [1.165, 1.54) is 38.6 Å². The Bertz CT molecular complexity index is 1310. The van der Waals surface area contributed by atoms with Gasteiger partial charge >= 0.3 is 0 Å². The van der Waals surface area contributed by atoms with Crippen LogP contribution >= 0.6 is 0 Å². The molecule has 0 radical (unpaired) electrons. The molecule has 6 rings (SSSR count). The summed E-state index contributed by atoms with van der Waals surface area (Å²) in [5.74, 6) is 0.362. The number of fused-ring (bicyclic) bond motifs is 2. The second kappa shape index (κ2) is 7.25. The molecule has 1 aliphatic rings. The van der Waals surface area contributed by atoms with Crippen LogP contribution < -0.4 is 0 Å². The summed E-state index contributed by atoms with van der Waals surface area (Å²) in [5, 5.41) is 2.62. The molecule has 1 aliphatic carbocycles. The Morgan fingerprint density at radius 1 is 0.516 bits per heavy atom. The van der Waals surface area contributed by atoms with Crippen LogP contribution in [0.3, 0.4) is 0 Å². The van der Waals surface area contributed by atoms with Gasteiger partial charge in [-0.15, -0.1) is 0 Å². The maximum atomic E-state index is 2.39. The molecule has 5 aromatic carbocycles. The van der Waals surface area contributed by atoms with Crippen LogP contribution in [0.2, 0.25) is 0 Å². The first-order valence-electron chi connectivity index (χ1n) is 11.1. The van der Waals surface area contributed by atoms with Gasteiger partial charge < -0.3 is 0 Å². The minimum atomic E-state index is -0.143. The lowest BCUT2D eigenvalue weighted by Crippen LogP contribution is -2.26. The molecule has 0 spiro atoms. The van der Waals surface area contributed by atoms with Crippen molar-refractivity contribution in [2.24, 2.45) is 0 Å². The van der Waals surface area contributed by atoms with Crippen LogP contribution in [0.4, 0.5) is 0 Å². The molecule has 0 bridgehead atoms. The highest BCUT2D eigenvalue weighted by atomic mass is 14.5. The average molecular weight is 397 g/mol. The minimum Gasteiger partial charge on any atom is -0.0622 e. The molecule has 0 saturated heterocycles. The van der Waals surface area contributed by atoms with Crippen LogP contribution in [-0.4, -0.2) is 0 Å². The first kappa shape index (κ1) is 18.2. The maximum Gasteiger partial charge on any atom is 0.0463 e. The Labute approximate surface area is 183 Å². The zero-order chi connectivity index (χ0) is 20.7. The van der Waals surface area contributed by atoms with E-state index in [1.807, 2.05) is 0 Å². The SMILES string of the molecule is c1ccc(C2(c3ccccc3)CC(c3ccc4ccccc4c3)c3ccccc32)cc1. The fourth-order valence-electron chi connectivity index (χ4n) is 5.60. The van der Waals surface area contributed by atoms with Crippen molar-refractivity contribution in [1.82, 2.24) is 0 Å². The Morgan fingerprint density at radius 2 is 1.10 bits per heavy atom. The molecule has 31 heavy (non-hydrogen) atoms. The van der Waals surface area contributed by atoms with Crippen LogP contribution in [0.15, 0.2) is 127 Å². The highest BCUT2D eigenvalue weighted by Gasteiger charge is 2.46. The van der Waals surface area contributed by atoms with Gasteiger partial charge in [0.2, 0.25) is 0 Å². The molecule has 0 aromatic heterocycles. The van der Waals surface area contributed by atoms with Crippen molar-refractivity contribution in [3.8, 4) is 0 Å². The van der Waals surface area contributed by atoms with Crippen molar-refractivity contribution in [1.29, 1.82) is 0 Å². The number of benzene rings is 5. The molecule has 5 aromatic rings. The van der Waals surface area contributed by atoms with E-state index in [1.54, 1.807) is 0 Å². The van der Waals surface area contributed by atoms with Crippen LogP contribution in [0.25, 0.3) is 10.8 Å². The highest BCUT2D eigenvalue weighted by Crippen LogP contribution is 2.55. The maximum absolute atomic E-state index is 2.39. The van der Waals surface area contributed by atoms with Crippen molar-refractivity contribution in [2.45, 2.75) is 17.8 Å². The van der Waals surface area contributed by atoms with Gasteiger partial charge in [0.05, 0.1) is 0 Å². The lowest BCUT2D eigenvalue weighted by Gasteiger charge is -2.32. The summed E-state index contributed by atoms with van der Waals surface area (Å²) in [4.78, 5) is 0. The fraction of sp³-hybridized carbons (Fsp3) is 0.0968. The molecule has 0 heteroatoms. The third-order valence-electron chi connectivity index (χ3n) is 7.02. The van der Waals surface area contributed by atoms with E-state index < -0.39 is 0 Å². The Balaban J connectivity index is 1.60. The fourth-order valence-corrected chi connectivity index (χ4v) is 5.60. The Hall–Kier alpha value is -3.64. The van der Waals surface area contributed by atoms with E-state index >= 15 is 0 Å². The summed E-state index contributed by atoms with van der Waals surface area (Å²) >= 11 is 0. The van der Waals surface area contributed by atoms with Gasteiger partial charge in [-0.1, -0.05) is 127 Å². The van der Waals surface area contributed by atoms with Gasteiger partial charge in [-0.25, -0.2) is 0 Å². The predicted octanol–water partition coefficient (Wildman–Crippen LogP) is 7.71. The normalized spacial score (nSPS) is 16.8. The standard InChI is InChI=1S/C31H24/c1-3-13-26(14-4-1)31(27-15-5-2-6-16-27)22-29(28-17-9-10-18-30(28)31)25-20-19-23-11-7-8-12-24(23)21-25/h1-21,29H,22H2. The molecule has 0 fully saturated rings. The van der Waals surface area contributed by atoms with E-state index in [2.05, 4.69) is 127 Å². The lowest BCUT2D eigenvalue weighted by molar-refractivity contribution is 0.577. The van der Waals surface area contributed by atoms with Crippen molar-refractivity contribution in [3.05, 3.63) is 155 Å². The predicted molar refractivity (Wildman–Crippen MR) is 130 cm³/mol. The second-order valence-electron chi connectivity index (χ2n) is 8.59. The molecule has 0 heterocycles. The molecule has 0 nitrogen and oxygen atoms in total. The largest absolute Gasteiger partial charge is 0.0622 e. The molecule has 148 valence electrons. The molecular formula is C31H24. The van der Waals surface area contributed by atoms with Crippen LogP contribution in [0.1, 0.15) is 40.2 Å². The quantitative estimate of drug-likeness (QED) is 0.293. The first-order valence-corrected chi connectivity index (χ1v) is 11.1. The van der Waals surface area contributed by atoms with Gasteiger partial charge in [-0.2, -0.15) is 0 Å². The van der Waals surface area contributed by atoms with Gasteiger partial charge in [0.15, 0.2) is 0 Å². The van der Waals surface area contributed by atoms with Crippen molar-refractivity contribution in [2.75, 3.05) is 0 Å². The number of rotatable bonds is 3. The summed E-state index contributed by atoms with van der Waals surface area (Å²) in [7, 11) is 0. The van der Waals surface area contributed by atoms with Crippen molar-refractivity contribution < 1.29 is 0 Å². The van der Waals surface area contributed by atoms with Gasteiger partial charge in [0.1, 0.15) is 0 Å². The van der Waals surface area contributed by atoms with E-state index in [-0.39, 0.29) is 5.41 Å². The molecule has 1 atom stereocenters. The number of hydrogen-bond donors (Lipinski definition) is 0. The second-order valence-corrected chi connectivity index (χ2v) is 8.59. The van der Waals surface area contributed by atoms with Crippen molar-refractivity contribution in [3.63, 3.8) is 0 Å². The van der Waals surface area contributed by atoms with E-state index in [0.29, 0.717) is 5.92 Å². The summed E-state index contributed by atoms with van der Waals surface area (Å²) in [6.45, 7) is 0. The van der Waals surface area contributed by atoms with Gasteiger partial charge in [-0.3, -0.25) is 0 Å². The molecule has 1 unspecified atom stereocenters. The zero-order valence-corrected chi connectivity index (χ0v) is 17.4. The number of hydrogen-bond acceptors (Lipinski definition) is 0. The summed E-state index contributed by atoms with van der Waals surface area (Å²) in [5.41, 5.74) is 6.89. The van der Waals surface area contributed by atoms with Gasteiger partial charge in [-0.05, 0) is 45.0 Å². The first-order chi connectivity index (χ1) is 15.4. The van der Waals surface area contributed by atoms with Crippen LogP contribution in [-0.2, 0) is 5.41 Å². The van der Waals surface area contributed by atoms with Gasteiger partial charge in [0.25, 0.3) is 0 Å². The molecular weight excluding hydrogens is 372 g/mol. The molecule has 0 aliphatic heterocycles. The smallest absolute Gasteiger partial charge is 0.0463 e. The zero-order valence-electron chi connectivity index (χ0n) is 17.4. The topological polar surface area (TPSA) is 0 Å². The van der Waals surface area contributed by atoms with E-state index in [4.69, 9.17) is 0 Å². The monoisotopic (exact) mass is 396 g/mol. The Kier molecular flexibility index (Phi) is 4.25. The third kappa shape index (κ3) is 2.83. The Morgan fingerprint density at radius 3 is 1.81 bits per heavy atom. The summed E-state index contributed by atoms with van der Waals surface area (Å²) in [6.07, 6.45) is 1.04. The minimum absolute atomic E-state index is 0.143. The van der Waals surface area contributed by atoms with Gasteiger partial charge in [0, 0.05) is 11.3 Å². The summed E-state index contributed by atoms with van der Waals surface area (Å²) in [6, 6.07) is 46.8. The molecule has 0 amide bonds. The highest BCUT2D eigenvalue weighted by molar-refractivity contribution is 5.83. The van der Waals surface area contributed by atoms with Crippen molar-refractivity contribution >= 4 is 10.8 Å². The lowest BCUT2D eigenvalue weighted by atomic mass is 9.69. The van der Waals surface area contributed by atoms with E-state index in [9.17, 15) is 0 Å². The molecule has 0 N–H and O–H groups in total.